The van der Waals surface area contributed by atoms with Gasteiger partial charge in [-0.15, -0.1) is 0 Å². The van der Waals surface area contributed by atoms with Crippen molar-refractivity contribution in [3.05, 3.63) is 68.0 Å². The number of likely N-dealkylation sites (N-methyl/N-ethyl adjacent to an activating group) is 1. The van der Waals surface area contributed by atoms with Crippen LogP contribution in [0, 0.1) is 6.92 Å². The first-order chi connectivity index (χ1) is 11.4. The monoisotopic (exact) mass is 420 g/mol. The number of rotatable bonds is 2. The lowest BCUT2D eigenvalue weighted by Gasteiger charge is -2.07. The van der Waals surface area contributed by atoms with Gasteiger partial charge in [0.05, 0.1) is 15.6 Å². The topological polar surface area (TPSA) is 32.7 Å². The first-order valence-electron chi connectivity index (χ1n) is 7.22. The highest BCUT2D eigenvalue weighted by Crippen LogP contribution is 2.34. The quantitative estimate of drug-likeness (QED) is 0.587. The SMILES string of the molecule is Cc1ccc(/C=C2\SC(=Nc3ccc(Br)c(Cl)c3)N(C)C2=O)cc1. The zero-order valence-electron chi connectivity index (χ0n) is 13.1. The van der Waals surface area contributed by atoms with Gasteiger partial charge in [0.15, 0.2) is 5.17 Å². The molecule has 1 heterocycles. The number of halogens is 2. The number of aryl methyl sites for hydroxylation is 1. The molecule has 0 unspecified atom stereocenters. The number of nitrogens with zero attached hydrogens (tertiary/aromatic N) is 2. The van der Waals surface area contributed by atoms with E-state index >= 15 is 0 Å². The number of carbonyl (C=O) groups is 1. The molecule has 2 aromatic rings. The molecule has 3 nitrogen and oxygen atoms in total. The van der Waals surface area contributed by atoms with Crippen molar-refractivity contribution >= 4 is 62.1 Å². The van der Waals surface area contributed by atoms with Gasteiger partial charge in [-0.2, -0.15) is 0 Å². The van der Waals surface area contributed by atoms with Crippen molar-refractivity contribution in [2.24, 2.45) is 4.99 Å². The molecular formula is C18H14BrClN2OS. The molecule has 1 aliphatic heterocycles. The Morgan fingerprint density at radius 1 is 1.21 bits per heavy atom. The van der Waals surface area contributed by atoms with Gasteiger partial charge in [0, 0.05) is 11.5 Å². The molecule has 1 fully saturated rings. The van der Waals surface area contributed by atoms with Crippen LogP contribution >= 0.6 is 39.3 Å². The number of hydrogen-bond donors (Lipinski definition) is 0. The average Bonchev–Trinajstić information content (AvgIpc) is 2.81. The van der Waals surface area contributed by atoms with Crippen LogP contribution in [0.25, 0.3) is 6.08 Å². The summed E-state index contributed by atoms with van der Waals surface area (Å²) >= 11 is 10.8. The Hall–Kier alpha value is -1.56. The lowest BCUT2D eigenvalue weighted by Crippen LogP contribution is -2.23. The first-order valence-corrected chi connectivity index (χ1v) is 9.21. The highest BCUT2D eigenvalue weighted by Gasteiger charge is 2.30. The summed E-state index contributed by atoms with van der Waals surface area (Å²) in [5.74, 6) is -0.0532. The second kappa shape index (κ2) is 7.13. The van der Waals surface area contributed by atoms with E-state index in [-0.39, 0.29) is 5.91 Å². The zero-order chi connectivity index (χ0) is 17.3. The Morgan fingerprint density at radius 3 is 2.58 bits per heavy atom. The third-order valence-electron chi connectivity index (χ3n) is 3.51. The molecular weight excluding hydrogens is 408 g/mol. The van der Waals surface area contributed by atoms with Gasteiger partial charge >= 0.3 is 0 Å². The van der Waals surface area contributed by atoms with E-state index < -0.39 is 0 Å². The number of hydrogen-bond acceptors (Lipinski definition) is 3. The van der Waals surface area contributed by atoms with E-state index in [0.717, 1.165) is 10.0 Å². The van der Waals surface area contributed by atoms with Crippen LogP contribution in [-0.4, -0.2) is 23.0 Å². The van der Waals surface area contributed by atoms with Crippen molar-refractivity contribution in [2.45, 2.75) is 6.92 Å². The fourth-order valence-corrected chi connectivity index (χ4v) is 3.54. The van der Waals surface area contributed by atoms with Crippen LogP contribution in [0.3, 0.4) is 0 Å². The highest BCUT2D eigenvalue weighted by molar-refractivity contribution is 9.10. The van der Waals surface area contributed by atoms with Gasteiger partial charge in [0.1, 0.15) is 0 Å². The minimum Gasteiger partial charge on any atom is -0.290 e. The summed E-state index contributed by atoms with van der Waals surface area (Å²) in [5.41, 5.74) is 2.90. The van der Waals surface area contributed by atoms with Crippen molar-refractivity contribution < 1.29 is 4.79 Å². The first kappa shape index (κ1) is 17.3. The van der Waals surface area contributed by atoms with Crippen LogP contribution in [0.1, 0.15) is 11.1 Å². The Bertz CT molecular complexity index is 862. The van der Waals surface area contributed by atoms with E-state index in [1.54, 1.807) is 18.0 Å². The third kappa shape index (κ3) is 3.74. The lowest BCUT2D eigenvalue weighted by molar-refractivity contribution is -0.121. The Labute approximate surface area is 158 Å². The summed E-state index contributed by atoms with van der Waals surface area (Å²) in [4.78, 5) is 19.2. The molecule has 0 aromatic heterocycles. The van der Waals surface area contributed by atoms with Gasteiger partial charge in [0.2, 0.25) is 0 Å². The van der Waals surface area contributed by atoms with Crippen LogP contribution in [0.15, 0.2) is 56.8 Å². The van der Waals surface area contributed by atoms with E-state index in [4.69, 9.17) is 11.6 Å². The van der Waals surface area contributed by atoms with Crippen LogP contribution in [-0.2, 0) is 4.79 Å². The summed E-state index contributed by atoms with van der Waals surface area (Å²) < 4.78 is 0.816. The van der Waals surface area contributed by atoms with Gasteiger partial charge in [-0.05, 0) is 64.5 Å². The van der Waals surface area contributed by atoms with Crippen molar-refractivity contribution in [2.75, 3.05) is 7.05 Å². The molecule has 0 saturated carbocycles. The Kier molecular flexibility index (Phi) is 5.13. The van der Waals surface area contributed by atoms with E-state index in [0.29, 0.717) is 20.8 Å². The Morgan fingerprint density at radius 2 is 1.92 bits per heavy atom. The number of amidine groups is 1. The lowest BCUT2D eigenvalue weighted by atomic mass is 10.1. The number of thioether (sulfide) groups is 1. The van der Waals surface area contributed by atoms with Crippen molar-refractivity contribution in [3.63, 3.8) is 0 Å². The molecule has 24 heavy (non-hydrogen) atoms. The summed E-state index contributed by atoms with van der Waals surface area (Å²) in [6.45, 7) is 2.04. The minimum atomic E-state index is -0.0532. The van der Waals surface area contributed by atoms with Gasteiger partial charge in [-0.25, -0.2) is 4.99 Å². The molecule has 1 amide bonds. The molecule has 0 spiro atoms. The second-order valence-corrected chi connectivity index (χ2v) is 7.65. The molecule has 1 aliphatic rings. The number of benzene rings is 2. The fraction of sp³-hybridized carbons (Fsp3) is 0.111. The predicted molar refractivity (Wildman–Crippen MR) is 106 cm³/mol. The van der Waals surface area contributed by atoms with Gasteiger partial charge in [-0.3, -0.25) is 9.69 Å². The predicted octanol–water partition coefficient (Wildman–Crippen LogP) is 5.64. The zero-order valence-corrected chi connectivity index (χ0v) is 16.2. The van der Waals surface area contributed by atoms with Gasteiger partial charge in [-0.1, -0.05) is 41.4 Å². The van der Waals surface area contributed by atoms with E-state index in [1.807, 2.05) is 49.4 Å². The largest absolute Gasteiger partial charge is 0.290 e. The maximum absolute atomic E-state index is 12.4. The average molecular weight is 422 g/mol. The summed E-state index contributed by atoms with van der Waals surface area (Å²) in [6.07, 6.45) is 1.89. The molecule has 0 atom stereocenters. The van der Waals surface area contributed by atoms with Crippen molar-refractivity contribution in [1.29, 1.82) is 0 Å². The van der Waals surface area contributed by atoms with Crippen molar-refractivity contribution in [3.8, 4) is 0 Å². The van der Waals surface area contributed by atoms with Gasteiger partial charge in [0.25, 0.3) is 5.91 Å². The highest BCUT2D eigenvalue weighted by atomic mass is 79.9. The smallest absolute Gasteiger partial charge is 0.266 e. The molecule has 1 saturated heterocycles. The normalized spacial score (nSPS) is 18.0. The van der Waals surface area contributed by atoms with E-state index in [1.165, 1.54) is 17.3 Å². The fourth-order valence-electron chi connectivity index (χ4n) is 2.13. The standard InChI is InChI=1S/C18H14BrClN2OS/c1-11-3-5-12(6-4-11)9-16-17(23)22(2)18(24-16)21-13-7-8-14(19)15(20)10-13/h3-10H,1-2H3/b16-9-,21-18?. The van der Waals surface area contributed by atoms with E-state index in [9.17, 15) is 4.79 Å². The van der Waals surface area contributed by atoms with Crippen LogP contribution in [0.5, 0.6) is 0 Å². The maximum Gasteiger partial charge on any atom is 0.266 e. The molecule has 0 radical (unpaired) electrons. The molecule has 6 heteroatoms. The Balaban J connectivity index is 1.89. The van der Waals surface area contributed by atoms with Crippen LogP contribution in [0.2, 0.25) is 5.02 Å². The third-order valence-corrected chi connectivity index (χ3v) is 5.80. The van der Waals surface area contributed by atoms with Gasteiger partial charge < -0.3 is 0 Å². The molecule has 3 rings (SSSR count). The number of carbonyl (C=O) groups excluding carboxylic acids is 1. The summed E-state index contributed by atoms with van der Waals surface area (Å²) in [7, 11) is 1.73. The molecule has 0 bridgehead atoms. The molecule has 0 N–H and O–H groups in total. The molecule has 2 aromatic carbocycles. The maximum atomic E-state index is 12.4. The van der Waals surface area contributed by atoms with Crippen LogP contribution < -0.4 is 0 Å². The molecule has 0 aliphatic carbocycles. The number of amides is 1. The summed E-state index contributed by atoms with van der Waals surface area (Å²) in [6, 6.07) is 13.5. The number of aliphatic imine (C=N–C) groups is 1. The van der Waals surface area contributed by atoms with E-state index in [2.05, 4.69) is 20.9 Å². The molecule has 122 valence electrons. The summed E-state index contributed by atoms with van der Waals surface area (Å²) in [5, 5.41) is 1.22. The van der Waals surface area contributed by atoms with Crippen molar-refractivity contribution in [1.82, 2.24) is 4.90 Å². The van der Waals surface area contributed by atoms with Crippen LogP contribution in [0.4, 0.5) is 5.69 Å². The second-order valence-electron chi connectivity index (χ2n) is 5.38. The minimum absolute atomic E-state index is 0.0532.